The van der Waals surface area contributed by atoms with E-state index in [-0.39, 0.29) is 48.4 Å². The van der Waals surface area contributed by atoms with E-state index < -0.39 is 83.7 Å². The van der Waals surface area contributed by atoms with Gasteiger partial charge in [-0.25, -0.2) is 4.79 Å². The van der Waals surface area contributed by atoms with Crippen molar-refractivity contribution in [2.45, 2.75) is 149 Å². The number of allylic oxidation sites excluding steroid dienone is 6. The van der Waals surface area contributed by atoms with Crippen molar-refractivity contribution < 1.29 is 63.0 Å². The average Bonchev–Trinajstić information content (AvgIpc) is 3.28. The molecule has 2 saturated heterocycles. The van der Waals surface area contributed by atoms with Crippen LogP contribution in [0.2, 0.25) is 0 Å². The Kier molecular flexibility index (Phi) is 19.9. The van der Waals surface area contributed by atoms with Crippen LogP contribution >= 0.6 is 0 Å². The number of aliphatic hydroxyl groups excluding tert-OH is 1. The number of piperidine rings is 1. The van der Waals surface area contributed by atoms with Gasteiger partial charge in [0.2, 0.25) is 5.79 Å². The standard InChI is InChI=1S/C51H73NO13/c1-30-16-12-11-13-17-31(2)42(61-8)28-38-21-19-36(7)51(60,65-38)48(57)49(58)52-23-15-14-18-39(52)50(59)64-43(33(4)26-37-20-22-40(53)44(27-37)62-9)29-41(54)32(3)25-35(6)46(56)47(63-10)45(55)34(5)24-30/h11-13,16-17,20,22,25,27,30,32-34,36,38-39,42-43,46-47,53,56,60H,14-15,18-19,21,23-24,26,28-29H2,1-10H3/b13-11+,16-12+,31-17+,35-25+/t30-,32-,33-,34-,36-,38+,39+,42+,43+,46?,47+,51-/m1/s1. The molecule has 0 spiro atoms. The molecular formula is C51H73NO13. The number of carbonyl (C=O) groups excluding carboxylic acids is 5. The second kappa shape index (κ2) is 24.3. The van der Waals surface area contributed by atoms with Gasteiger partial charge in [0.1, 0.15) is 30.1 Å². The number of hydrogen-bond acceptors (Lipinski definition) is 13. The molecule has 360 valence electrons. The molecule has 65 heavy (non-hydrogen) atoms. The van der Waals surface area contributed by atoms with Gasteiger partial charge < -0.3 is 43.9 Å². The fourth-order valence-electron chi connectivity index (χ4n) is 9.13. The van der Waals surface area contributed by atoms with E-state index in [1.54, 1.807) is 53.0 Å². The van der Waals surface area contributed by atoms with E-state index in [0.29, 0.717) is 50.5 Å². The van der Waals surface area contributed by atoms with Crippen molar-refractivity contribution in [2.75, 3.05) is 27.9 Å². The lowest BCUT2D eigenvalue weighted by Crippen LogP contribution is -2.61. The number of phenolic OH excluding ortho intramolecular Hbond substituents is 1. The van der Waals surface area contributed by atoms with Gasteiger partial charge in [0.05, 0.1) is 19.3 Å². The summed E-state index contributed by atoms with van der Waals surface area (Å²) >= 11 is 0. The van der Waals surface area contributed by atoms with Crippen molar-refractivity contribution in [3.05, 3.63) is 71.4 Å². The van der Waals surface area contributed by atoms with Gasteiger partial charge in [-0.15, -0.1) is 0 Å². The third kappa shape index (κ3) is 13.8. The molecule has 3 heterocycles. The molecule has 3 aliphatic rings. The molecule has 3 aliphatic heterocycles. The summed E-state index contributed by atoms with van der Waals surface area (Å²) in [7, 11) is 4.36. The zero-order valence-corrected chi connectivity index (χ0v) is 40.0. The topological polar surface area (TPSA) is 195 Å². The van der Waals surface area contributed by atoms with Crippen molar-refractivity contribution in [1.29, 1.82) is 0 Å². The van der Waals surface area contributed by atoms with Crippen LogP contribution < -0.4 is 4.74 Å². The molecule has 1 amide bonds. The summed E-state index contributed by atoms with van der Waals surface area (Å²) in [5, 5.41) is 33.6. The van der Waals surface area contributed by atoms with Crippen LogP contribution in [0.4, 0.5) is 0 Å². The number of esters is 1. The van der Waals surface area contributed by atoms with Crippen LogP contribution in [0.5, 0.6) is 11.5 Å². The Bertz CT molecular complexity index is 1950. The number of cyclic esters (lactones) is 1. The van der Waals surface area contributed by atoms with Crippen molar-refractivity contribution in [1.82, 2.24) is 4.90 Å². The first kappa shape index (κ1) is 53.1. The van der Waals surface area contributed by atoms with Crippen LogP contribution in [0.15, 0.2) is 65.8 Å². The molecule has 3 N–H and O–H groups in total. The molecule has 1 aromatic carbocycles. The number of ketones is 3. The summed E-state index contributed by atoms with van der Waals surface area (Å²) < 4.78 is 29.0. The number of ether oxygens (including phenoxy) is 5. The van der Waals surface area contributed by atoms with Gasteiger partial charge in [-0.05, 0) is 99.5 Å². The maximum Gasteiger partial charge on any atom is 0.329 e. The fraction of sp³-hybridized carbons (Fsp3) is 0.627. The Labute approximate surface area is 385 Å². The Morgan fingerprint density at radius 1 is 0.908 bits per heavy atom. The van der Waals surface area contributed by atoms with Crippen LogP contribution in [0.1, 0.15) is 105 Å². The molecule has 1 unspecified atom stereocenters. The number of fused-ring (bicyclic) bond motifs is 3. The highest BCUT2D eigenvalue weighted by Crippen LogP contribution is 2.37. The maximum atomic E-state index is 14.3. The first-order valence-electron chi connectivity index (χ1n) is 23.1. The highest BCUT2D eigenvalue weighted by atomic mass is 16.6. The molecule has 12 atom stereocenters. The minimum atomic E-state index is -2.44. The Hall–Kier alpha value is -4.47. The van der Waals surface area contributed by atoms with E-state index in [0.717, 1.165) is 16.0 Å². The van der Waals surface area contributed by atoms with Gasteiger partial charge in [0.25, 0.3) is 11.7 Å². The summed E-state index contributed by atoms with van der Waals surface area (Å²) in [4.78, 5) is 71.6. The van der Waals surface area contributed by atoms with Crippen molar-refractivity contribution in [3.8, 4) is 11.5 Å². The van der Waals surface area contributed by atoms with E-state index in [4.69, 9.17) is 23.7 Å². The zero-order chi connectivity index (χ0) is 48.2. The third-order valence-corrected chi connectivity index (χ3v) is 13.4. The smallest absolute Gasteiger partial charge is 0.329 e. The molecule has 2 fully saturated rings. The molecule has 4 rings (SSSR count). The highest BCUT2D eigenvalue weighted by Gasteiger charge is 2.53. The van der Waals surface area contributed by atoms with Gasteiger partial charge in [-0.3, -0.25) is 19.2 Å². The SMILES string of the molecule is COc1cc(C[C@@H](C)[C@@H]2CC(=O)[C@H](C)/C=C(\C)C(O)[C@@H](OC)C(=O)[C@H](C)C[C@H](C)/C=C/C=C/C=C(\C)[C@@H](OC)C[C@@H]3CC[C@@H](C)[C@@](O)(O3)C(=O)C(=O)N3CCCC[C@H]3C(=O)O2)ccc1O. The molecule has 14 heteroatoms. The predicted octanol–water partition coefficient (Wildman–Crippen LogP) is 6.57. The second-order valence-corrected chi connectivity index (χ2v) is 18.5. The van der Waals surface area contributed by atoms with E-state index in [2.05, 4.69) is 0 Å². The van der Waals surface area contributed by atoms with Gasteiger partial charge >= 0.3 is 5.97 Å². The number of hydrogen-bond donors (Lipinski definition) is 3. The van der Waals surface area contributed by atoms with Gasteiger partial charge in [-0.1, -0.05) is 77.1 Å². The average molecular weight is 908 g/mol. The summed E-state index contributed by atoms with van der Waals surface area (Å²) in [6.45, 7) is 12.5. The van der Waals surface area contributed by atoms with E-state index in [1.165, 1.54) is 20.3 Å². The van der Waals surface area contributed by atoms with E-state index in [1.807, 2.05) is 51.2 Å². The monoisotopic (exact) mass is 908 g/mol. The van der Waals surface area contributed by atoms with Gasteiger partial charge in [0, 0.05) is 51.4 Å². The van der Waals surface area contributed by atoms with Crippen LogP contribution in [0, 0.1) is 29.6 Å². The number of phenols is 1. The molecule has 0 aromatic heterocycles. The molecular weight excluding hydrogens is 835 g/mol. The summed E-state index contributed by atoms with van der Waals surface area (Å²) in [6, 6.07) is 3.68. The molecule has 0 radical (unpaired) electrons. The van der Waals surface area contributed by atoms with E-state index in [9.17, 15) is 39.3 Å². The molecule has 0 aliphatic carbocycles. The van der Waals surface area contributed by atoms with Crippen molar-refractivity contribution in [3.63, 3.8) is 0 Å². The summed E-state index contributed by atoms with van der Waals surface area (Å²) in [5.74, 6) is -8.26. The number of carbonyl (C=O) groups is 5. The van der Waals surface area contributed by atoms with Crippen LogP contribution in [0.3, 0.4) is 0 Å². The third-order valence-electron chi connectivity index (χ3n) is 13.4. The Morgan fingerprint density at radius 3 is 2.31 bits per heavy atom. The Balaban J connectivity index is 1.73. The first-order chi connectivity index (χ1) is 30.7. The van der Waals surface area contributed by atoms with Gasteiger partial charge in [-0.2, -0.15) is 0 Å². The lowest BCUT2D eigenvalue weighted by atomic mass is 9.85. The summed E-state index contributed by atoms with van der Waals surface area (Å²) in [5.41, 5.74) is 1.97. The Morgan fingerprint density at radius 2 is 1.63 bits per heavy atom. The number of methoxy groups -OCH3 is 3. The van der Waals surface area contributed by atoms with Crippen molar-refractivity contribution in [2.24, 2.45) is 29.6 Å². The van der Waals surface area contributed by atoms with E-state index >= 15 is 0 Å². The largest absolute Gasteiger partial charge is 0.504 e. The molecule has 14 nitrogen and oxygen atoms in total. The number of nitrogens with zero attached hydrogens (tertiary/aromatic N) is 1. The quantitative estimate of drug-likeness (QED) is 0.158. The number of rotatable bonds is 6. The fourth-order valence-corrected chi connectivity index (χ4v) is 9.13. The van der Waals surface area contributed by atoms with Crippen LogP contribution in [-0.2, 0) is 49.3 Å². The normalized spacial score (nSPS) is 35.4. The minimum absolute atomic E-state index is 0.0100. The molecule has 0 saturated carbocycles. The number of aliphatic hydroxyl groups is 2. The van der Waals surface area contributed by atoms with Crippen LogP contribution in [-0.4, -0.2) is 120 Å². The molecule has 2 bridgehead atoms. The van der Waals surface area contributed by atoms with Gasteiger partial charge in [0.15, 0.2) is 17.3 Å². The minimum Gasteiger partial charge on any atom is -0.504 e. The number of benzene rings is 1. The number of Topliss-reactive ketones (excluding diaryl/α,β-unsaturated/α-hetero) is 3. The second-order valence-electron chi connectivity index (χ2n) is 18.5. The highest BCUT2D eigenvalue weighted by molar-refractivity contribution is 6.39. The molecule has 1 aromatic rings. The number of aromatic hydroxyl groups is 1. The predicted molar refractivity (Wildman–Crippen MR) is 245 cm³/mol. The zero-order valence-electron chi connectivity index (χ0n) is 40.0. The first-order valence-corrected chi connectivity index (χ1v) is 23.1. The van der Waals surface area contributed by atoms with Crippen LogP contribution in [0.25, 0.3) is 0 Å². The maximum absolute atomic E-state index is 14.3. The lowest BCUT2D eigenvalue weighted by molar-refractivity contribution is -0.265. The lowest BCUT2D eigenvalue weighted by Gasteiger charge is -2.42. The van der Waals surface area contributed by atoms with Crippen molar-refractivity contribution >= 4 is 29.2 Å². The summed E-state index contributed by atoms with van der Waals surface area (Å²) in [6.07, 6.45) is 9.59. The number of amides is 1.